The Bertz CT molecular complexity index is 2540. The van der Waals surface area contributed by atoms with Crippen LogP contribution in [0.4, 0.5) is 0 Å². The Labute approximate surface area is 385 Å². The molecule has 0 fully saturated rings. The molecule has 0 saturated carbocycles. The molecule has 0 aliphatic heterocycles. The van der Waals surface area contributed by atoms with Gasteiger partial charge < -0.3 is 72.9 Å². The smallest absolute Gasteiger partial charge is 0.243 e. The third-order valence-electron chi connectivity index (χ3n) is 10.2. The number of aromatic amines is 6. The Balaban J connectivity index is 1.23. The number of H-pyrrole nitrogens is 6. The summed E-state index contributed by atoms with van der Waals surface area (Å²) in [5.41, 5.74) is 7.87. The van der Waals surface area contributed by atoms with Crippen molar-refractivity contribution < 1.29 is 38.4 Å². The van der Waals surface area contributed by atoms with Gasteiger partial charge in [0.2, 0.25) is 47.3 Å². The number of carbonyl (C=O) groups is 8. The summed E-state index contributed by atoms with van der Waals surface area (Å²) >= 11 is 0. The molecule has 0 bridgehead atoms. The minimum absolute atomic E-state index is 0.0526. The van der Waals surface area contributed by atoms with Crippen LogP contribution >= 0.6 is 0 Å². The number of primary amides is 1. The highest BCUT2D eigenvalue weighted by molar-refractivity contribution is 5.97. The van der Waals surface area contributed by atoms with E-state index in [1.807, 2.05) is 0 Å². The van der Waals surface area contributed by atoms with Crippen LogP contribution in [0.15, 0.2) is 75.1 Å². The van der Waals surface area contributed by atoms with Gasteiger partial charge >= 0.3 is 0 Å². The average Bonchev–Trinajstić information content (AvgIpc) is 4.16. The van der Waals surface area contributed by atoms with E-state index in [4.69, 9.17) is 5.73 Å². The summed E-state index contributed by atoms with van der Waals surface area (Å²) in [5, 5.41) is 18.2. The maximum Gasteiger partial charge on any atom is 0.243 e. The second kappa shape index (κ2) is 23.8. The molecule has 28 nitrogen and oxygen atoms in total. The molecule has 6 heterocycles. The molecule has 6 atom stereocenters. The first-order chi connectivity index (χ1) is 32.8. The van der Waals surface area contributed by atoms with Crippen LogP contribution in [-0.2, 0) is 76.9 Å². The number of nitrogens with zero attached hydrogens (tertiary/aromatic N) is 6. The molecule has 8 amide bonds. The Morgan fingerprint density at radius 3 is 0.868 bits per heavy atom. The summed E-state index contributed by atoms with van der Waals surface area (Å²) in [7, 11) is 0. The predicted octanol–water partition coefficient (Wildman–Crippen LogP) is -4.69. The van der Waals surface area contributed by atoms with Crippen molar-refractivity contribution in [2.45, 2.75) is 81.7 Å². The van der Waals surface area contributed by atoms with Gasteiger partial charge in [-0.1, -0.05) is 0 Å². The van der Waals surface area contributed by atoms with Gasteiger partial charge in [-0.2, -0.15) is 0 Å². The van der Waals surface area contributed by atoms with Gasteiger partial charge in [-0.25, -0.2) is 29.9 Å². The molecule has 0 radical (unpaired) electrons. The molecule has 15 N–H and O–H groups in total. The lowest BCUT2D eigenvalue weighted by atomic mass is 10.0. The minimum Gasteiger partial charge on any atom is -0.368 e. The van der Waals surface area contributed by atoms with Crippen molar-refractivity contribution in [2.24, 2.45) is 5.73 Å². The summed E-state index contributed by atoms with van der Waals surface area (Å²) in [6.45, 7) is 0.795. The van der Waals surface area contributed by atoms with Crippen LogP contribution in [0.1, 0.15) is 41.1 Å². The number of carbonyl (C=O) groups excluding carboxylic acids is 8. The summed E-state index contributed by atoms with van der Waals surface area (Å²) < 4.78 is 0. The second-order valence-electron chi connectivity index (χ2n) is 15.3. The van der Waals surface area contributed by atoms with Crippen LogP contribution in [0, 0.1) is 0 Å². The molecule has 0 unspecified atom stereocenters. The molecule has 358 valence electrons. The highest BCUT2D eigenvalue weighted by Gasteiger charge is 2.35. The van der Waals surface area contributed by atoms with E-state index in [9.17, 15) is 38.4 Å². The van der Waals surface area contributed by atoms with Crippen molar-refractivity contribution in [1.82, 2.24) is 97.0 Å². The number of rotatable bonds is 26. The zero-order valence-electron chi connectivity index (χ0n) is 36.4. The lowest BCUT2D eigenvalue weighted by molar-refractivity contribution is -0.135. The van der Waals surface area contributed by atoms with E-state index in [1.54, 1.807) is 0 Å². The fraction of sp³-hybridized carbons (Fsp3) is 0.350. The standard InChI is InChI=1S/C40H50N20O8/c1-21(61)48-14-34(62)55-29(3-23-9-43-16-50-23)36(64)57-31(5-25-11-45-18-52-25)38(66)59-33(7-27-13-47-20-54-27)40(68)60-32(6-26-12-46-19-53-26)39(67)58-30(4-24-10-44-17-51-24)37(65)56-28(35(41)63)2-22-8-42-15-49-22/h8-13,15-20,28-33H,2-7,14H2,1H3,(H2,41,63)(H,42,49)(H,43,50)(H,44,51)(H,45,52)(H,46,53)(H,47,54)(H,48,61)(H,55,62)(H,56,65)(H,57,64)(H,58,67)(H,59,66)(H,60,68)/t28-,29+,30+,31-,32-,33+/m0/s1. The van der Waals surface area contributed by atoms with Gasteiger partial charge in [0.1, 0.15) is 36.3 Å². The van der Waals surface area contributed by atoms with Crippen LogP contribution in [0.2, 0.25) is 0 Å². The number of hydrogen-bond acceptors (Lipinski definition) is 14. The summed E-state index contributed by atoms with van der Waals surface area (Å²) in [4.78, 5) is 149. The van der Waals surface area contributed by atoms with Crippen molar-refractivity contribution in [3.8, 4) is 0 Å². The van der Waals surface area contributed by atoms with E-state index in [0.717, 1.165) is 0 Å². The van der Waals surface area contributed by atoms with Crippen LogP contribution in [0.3, 0.4) is 0 Å². The van der Waals surface area contributed by atoms with Crippen molar-refractivity contribution >= 4 is 47.3 Å². The maximum absolute atomic E-state index is 14.5. The van der Waals surface area contributed by atoms with Gasteiger partial charge in [0.25, 0.3) is 0 Å². The normalized spacial score (nSPS) is 13.7. The maximum atomic E-state index is 14.5. The molecule has 6 aromatic rings. The molecular formula is C40H50N20O8. The first kappa shape index (κ1) is 48.5. The first-order valence-corrected chi connectivity index (χ1v) is 21.0. The molecule has 0 spiro atoms. The lowest BCUT2D eigenvalue weighted by Crippen LogP contribution is -2.61. The van der Waals surface area contributed by atoms with Crippen LogP contribution in [-0.4, -0.2) is 150 Å². The van der Waals surface area contributed by atoms with Gasteiger partial charge in [-0.05, 0) is 0 Å². The van der Waals surface area contributed by atoms with E-state index in [-0.39, 0.29) is 38.5 Å². The quantitative estimate of drug-likeness (QED) is 0.0243. The number of nitrogens with one attached hydrogen (secondary N) is 13. The van der Waals surface area contributed by atoms with E-state index >= 15 is 0 Å². The number of hydrogen-bond donors (Lipinski definition) is 14. The first-order valence-electron chi connectivity index (χ1n) is 21.0. The topological polar surface area (TPSA) is 419 Å². The molecule has 6 aromatic heterocycles. The van der Waals surface area contributed by atoms with Crippen molar-refractivity contribution in [2.75, 3.05) is 6.54 Å². The summed E-state index contributed by atoms with van der Waals surface area (Å²) in [6.07, 6.45) is 16.4. The molecule has 6 rings (SSSR count). The zero-order valence-corrected chi connectivity index (χ0v) is 36.4. The summed E-state index contributed by atoms with van der Waals surface area (Å²) in [6, 6.07) is -8.14. The number of imidazole rings is 6. The summed E-state index contributed by atoms with van der Waals surface area (Å²) in [5.74, 6) is -6.20. The van der Waals surface area contributed by atoms with E-state index in [0.29, 0.717) is 34.2 Å². The Morgan fingerprint density at radius 1 is 0.412 bits per heavy atom. The molecule has 28 heteroatoms. The SMILES string of the molecule is CC(=O)NCC(=O)N[C@H](Cc1c[nH]cn1)C(=O)N[C@@H](Cc1c[nH]cn1)C(=O)N[C@H](Cc1c[nH]cn1)C(=O)N[C@@H](Cc1c[nH]cn1)C(=O)N[C@H](Cc1c[nH]cn1)C(=O)N[C@@H](Cc1c[nH]cn1)C(N)=O. The van der Waals surface area contributed by atoms with Gasteiger partial charge in [0.15, 0.2) is 0 Å². The third kappa shape index (κ3) is 14.8. The van der Waals surface area contributed by atoms with Gasteiger partial charge in [0, 0.05) is 82.6 Å². The predicted molar refractivity (Wildman–Crippen MR) is 233 cm³/mol. The Hall–Kier alpha value is -8.98. The van der Waals surface area contributed by atoms with E-state index in [2.05, 4.69) is 97.0 Å². The monoisotopic (exact) mass is 938 g/mol. The fourth-order valence-corrected chi connectivity index (χ4v) is 6.75. The van der Waals surface area contributed by atoms with Gasteiger partial charge in [-0.15, -0.1) is 0 Å². The highest BCUT2D eigenvalue weighted by Crippen LogP contribution is 2.09. The Morgan fingerprint density at radius 2 is 0.647 bits per heavy atom. The molecule has 68 heavy (non-hydrogen) atoms. The zero-order chi connectivity index (χ0) is 48.4. The fourth-order valence-electron chi connectivity index (χ4n) is 6.75. The number of aromatic nitrogens is 12. The molecule has 0 aromatic carbocycles. The highest BCUT2D eigenvalue weighted by atomic mass is 16.2. The largest absolute Gasteiger partial charge is 0.368 e. The molecule has 0 aliphatic rings. The van der Waals surface area contributed by atoms with E-state index in [1.165, 1.54) is 82.1 Å². The average molecular weight is 939 g/mol. The van der Waals surface area contributed by atoms with Gasteiger partial charge in [-0.3, -0.25) is 38.4 Å². The molecule has 0 saturated heterocycles. The lowest BCUT2D eigenvalue weighted by Gasteiger charge is -2.27. The van der Waals surface area contributed by atoms with Crippen molar-refractivity contribution in [1.29, 1.82) is 0 Å². The van der Waals surface area contributed by atoms with Crippen LogP contribution in [0.25, 0.3) is 0 Å². The second-order valence-corrected chi connectivity index (χ2v) is 15.3. The number of amides is 8. The van der Waals surface area contributed by atoms with Crippen molar-refractivity contribution in [3.63, 3.8) is 0 Å². The minimum atomic E-state index is -1.45. The number of nitrogens with two attached hydrogens (primary N) is 1. The third-order valence-corrected chi connectivity index (χ3v) is 10.2. The Kier molecular flexibility index (Phi) is 17.0. The molecule has 0 aliphatic carbocycles. The van der Waals surface area contributed by atoms with Gasteiger partial charge in [0.05, 0.1) is 78.7 Å². The van der Waals surface area contributed by atoms with Crippen molar-refractivity contribution in [3.05, 3.63) is 109 Å². The van der Waals surface area contributed by atoms with Crippen LogP contribution in [0.5, 0.6) is 0 Å². The van der Waals surface area contributed by atoms with E-state index < -0.39 is 90.1 Å². The molecular weight excluding hydrogens is 889 g/mol. The van der Waals surface area contributed by atoms with Crippen LogP contribution < -0.4 is 43.0 Å².